The highest BCUT2D eigenvalue weighted by molar-refractivity contribution is 7.99. The lowest BCUT2D eigenvalue weighted by Crippen LogP contribution is -2.54. The third-order valence-electron chi connectivity index (χ3n) is 6.27. The molecular weight excluding hydrogens is 420 g/mol. The summed E-state index contributed by atoms with van der Waals surface area (Å²) < 4.78 is 0. The molecule has 32 heavy (non-hydrogen) atoms. The van der Waals surface area contributed by atoms with Gasteiger partial charge in [0, 0.05) is 49.1 Å². The number of hydrogen-bond donors (Lipinski definition) is 1. The van der Waals surface area contributed by atoms with E-state index in [4.69, 9.17) is 0 Å². The molecular formula is C25H32N4O2S. The molecule has 2 heterocycles. The Balaban J connectivity index is 1.29. The number of rotatable bonds is 7. The van der Waals surface area contributed by atoms with E-state index in [9.17, 15) is 9.59 Å². The molecule has 4 rings (SSSR count). The number of anilines is 1. The Morgan fingerprint density at radius 1 is 0.906 bits per heavy atom. The highest BCUT2D eigenvalue weighted by atomic mass is 32.2. The van der Waals surface area contributed by atoms with Crippen molar-refractivity contribution >= 4 is 29.3 Å². The highest BCUT2D eigenvalue weighted by Crippen LogP contribution is 2.33. The summed E-state index contributed by atoms with van der Waals surface area (Å²) >= 11 is 1.65. The van der Waals surface area contributed by atoms with Crippen LogP contribution in [0.15, 0.2) is 64.4 Å². The van der Waals surface area contributed by atoms with Crippen LogP contribution in [-0.2, 0) is 9.59 Å². The van der Waals surface area contributed by atoms with Crippen molar-refractivity contribution in [3.05, 3.63) is 54.6 Å². The molecule has 2 saturated heterocycles. The quantitative estimate of drug-likeness (QED) is 0.698. The number of hydrogen-bond acceptors (Lipinski definition) is 5. The van der Waals surface area contributed by atoms with Crippen LogP contribution < -0.4 is 5.32 Å². The summed E-state index contributed by atoms with van der Waals surface area (Å²) in [6.07, 6.45) is 2.25. The third kappa shape index (κ3) is 5.91. The van der Waals surface area contributed by atoms with Crippen molar-refractivity contribution in [1.82, 2.24) is 14.7 Å². The number of benzene rings is 2. The molecule has 6 nitrogen and oxygen atoms in total. The lowest BCUT2D eigenvalue weighted by molar-refractivity contribution is -0.132. The van der Waals surface area contributed by atoms with E-state index in [2.05, 4.69) is 27.2 Å². The predicted molar refractivity (Wildman–Crippen MR) is 129 cm³/mol. The molecule has 2 fully saturated rings. The molecule has 0 aliphatic carbocycles. The Kier molecular flexibility index (Phi) is 7.84. The van der Waals surface area contributed by atoms with Crippen molar-refractivity contribution in [2.45, 2.75) is 35.6 Å². The van der Waals surface area contributed by atoms with Crippen LogP contribution in [-0.4, -0.2) is 78.4 Å². The first-order valence-corrected chi connectivity index (χ1v) is 12.3. The fourth-order valence-corrected chi connectivity index (χ4v) is 5.17. The maximum Gasteiger partial charge on any atom is 0.241 e. The summed E-state index contributed by atoms with van der Waals surface area (Å²) in [7, 11) is 0. The molecule has 0 bridgehead atoms. The molecule has 0 radical (unpaired) electrons. The Bertz CT molecular complexity index is 909. The summed E-state index contributed by atoms with van der Waals surface area (Å²) in [4.78, 5) is 34.0. The Hall–Kier alpha value is -2.35. The van der Waals surface area contributed by atoms with Gasteiger partial charge in [-0.1, -0.05) is 42.1 Å². The van der Waals surface area contributed by atoms with Gasteiger partial charge in [-0.3, -0.25) is 19.4 Å². The number of nitrogens with zero attached hydrogens (tertiary/aromatic N) is 3. The van der Waals surface area contributed by atoms with Crippen LogP contribution in [0.5, 0.6) is 0 Å². The van der Waals surface area contributed by atoms with Gasteiger partial charge in [0.2, 0.25) is 11.8 Å². The summed E-state index contributed by atoms with van der Waals surface area (Å²) in [5.41, 5.74) is 0.841. The van der Waals surface area contributed by atoms with Crippen LogP contribution in [0, 0.1) is 0 Å². The summed E-state index contributed by atoms with van der Waals surface area (Å²) in [5.74, 6) is 0.252. The number of carbonyl (C=O) groups excluding carboxylic acids is 2. The van der Waals surface area contributed by atoms with Crippen molar-refractivity contribution in [2.24, 2.45) is 0 Å². The van der Waals surface area contributed by atoms with Gasteiger partial charge >= 0.3 is 0 Å². The molecule has 170 valence electrons. The van der Waals surface area contributed by atoms with Gasteiger partial charge in [0.15, 0.2) is 0 Å². The molecule has 2 aliphatic heterocycles. The van der Waals surface area contributed by atoms with Gasteiger partial charge in [-0.25, -0.2) is 0 Å². The molecule has 2 amide bonds. The zero-order valence-electron chi connectivity index (χ0n) is 18.7. The molecule has 0 unspecified atom stereocenters. The van der Waals surface area contributed by atoms with Gasteiger partial charge in [0.1, 0.15) is 0 Å². The largest absolute Gasteiger partial charge is 0.342 e. The molecule has 2 aromatic carbocycles. The highest BCUT2D eigenvalue weighted by Gasteiger charge is 2.28. The minimum absolute atomic E-state index is 0.00713. The zero-order chi connectivity index (χ0) is 22.3. The molecule has 1 N–H and O–H groups in total. The number of carbonyl (C=O) groups is 2. The second-order valence-corrected chi connectivity index (χ2v) is 9.59. The van der Waals surface area contributed by atoms with Crippen LogP contribution in [0.25, 0.3) is 0 Å². The molecule has 0 saturated carbocycles. The van der Waals surface area contributed by atoms with Crippen LogP contribution >= 0.6 is 11.8 Å². The van der Waals surface area contributed by atoms with Crippen LogP contribution in [0.4, 0.5) is 5.69 Å². The minimum Gasteiger partial charge on any atom is -0.342 e. The second kappa shape index (κ2) is 11.0. The minimum atomic E-state index is -0.221. The summed E-state index contributed by atoms with van der Waals surface area (Å²) in [6.45, 7) is 7.49. The molecule has 2 aromatic rings. The van der Waals surface area contributed by atoms with Gasteiger partial charge in [-0.2, -0.15) is 0 Å². The number of para-hydroxylation sites is 1. The average Bonchev–Trinajstić information content (AvgIpc) is 3.36. The fourth-order valence-electron chi connectivity index (χ4n) is 4.24. The van der Waals surface area contributed by atoms with Crippen molar-refractivity contribution < 1.29 is 9.59 Å². The van der Waals surface area contributed by atoms with Crippen LogP contribution in [0.3, 0.4) is 0 Å². The number of likely N-dealkylation sites (tertiary alicyclic amines) is 1. The van der Waals surface area contributed by atoms with Gasteiger partial charge in [0.25, 0.3) is 0 Å². The van der Waals surface area contributed by atoms with E-state index in [1.165, 1.54) is 0 Å². The van der Waals surface area contributed by atoms with E-state index in [0.717, 1.165) is 67.6 Å². The van der Waals surface area contributed by atoms with Gasteiger partial charge in [0.05, 0.1) is 18.3 Å². The van der Waals surface area contributed by atoms with Crippen molar-refractivity contribution in [2.75, 3.05) is 51.1 Å². The van der Waals surface area contributed by atoms with Crippen molar-refractivity contribution in [1.29, 1.82) is 0 Å². The number of amides is 2. The van der Waals surface area contributed by atoms with Gasteiger partial charge < -0.3 is 10.2 Å². The van der Waals surface area contributed by atoms with E-state index < -0.39 is 0 Å². The van der Waals surface area contributed by atoms with E-state index >= 15 is 0 Å². The van der Waals surface area contributed by atoms with E-state index in [-0.39, 0.29) is 17.9 Å². The summed E-state index contributed by atoms with van der Waals surface area (Å²) in [5, 5.41) is 3.13. The first-order chi connectivity index (χ1) is 15.6. The van der Waals surface area contributed by atoms with Gasteiger partial charge in [-0.15, -0.1) is 0 Å². The lowest BCUT2D eigenvalue weighted by atomic mass is 10.2. The first-order valence-electron chi connectivity index (χ1n) is 11.5. The van der Waals surface area contributed by atoms with Crippen LogP contribution in [0.1, 0.15) is 19.8 Å². The Morgan fingerprint density at radius 2 is 1.56 bits per heavy atom. The summed E-state index contributed by atoms with van der Waals surface area (Å²) in [6, 6.07) is 17.9. The fraction of sp³-hybridized carbons (Fsp3) is 0.440. The van der Waals surface area contributed by atoms with E-state index in [0.29, 0.717) is 6.54 Å². The molecule has 7 heteroatoms. The molecule has 2 aliphatic rings. The molecule has 0 aromatic heterocycles. The Labute approximate surface area is 194 Å². The van der Waals surface area contributed by atoms with E-state index in [1.54, 1.807) is 11.8 Å². The number of nitrogens with one attached hydrogen (secondary N) is 1. The topological polar surface area (TPSA) is 55.9 Å². The lowest BCUT2D eigenvalue weighted by Gasteiger charge is -2.37. The first kappa shape index (κ1) is 22.8. The van der Waals surface area contributed by atoms with Gasteiger partial charge in [-0.05, 0) is 44.0 Å². The zero-order valence-corrected chi connectivity index (χ0v) is 19.5. The maximum atomic E-state index is 13.0. The second-order valence-electron chi connectivity index (χ2n) is 8.48. The SMILES string of the molecule is C[C@H](C(=O)Nc1ccccc1Sc1ccccc1)N1CCN(CC(=O)N2CCCC2)CC1. The van der Waals surface area contributed by atoms with Crippen LogP contribution in [0.2, 0.25) is 0 Å². The normalized spacial score (nSPS) is 18.5. The Morgan fingerprint density at radius 3 is 2.28 bits per heavy atom. The monoisotopic (exact) mass is 452 g/mol. The predicted octanol–water partition coefficient (Wildman–Crippen LogP) is 3.40. The molecule has 1 atom stereocenters. The number of piperazine rings is 1. The smallest absolute Gasteiger partial charge is 0.241 e. The van der Waals surface area contributed by atoms with Crippen molar-refractivity contribution in [3.8, 4) is 0 Å². The van der Waals surface area contributed by atoms with Crippen molar-refractivity contribution in [3.63, 3.8) is 0 Å². The van der Waals surface area contributed by atoms with E-state index in [1.807, 2.05) is 54.3 Å². The third-order valence-corrected chi connectivity index (χ3v) is 7.35. The molecule has 0 spiro atoms. The standard InChI is InChI=1S/C25H32N4O2S/c1-20(28-17-15-27(16-18-28)19-24(30)29-13-7-8-14-29)25(31)26-22-11-5-6-12-23(22)32-21-9-3-2-4-10-21/h2-6,9-12,20H,7-8,13-19H2,1H3,(H,26,31)/t20-/m1/s1. The average molecular weight is 453 g/mol. The maximum absolute atomic E-state index is 13.0.